The van der Waals surface area contributed by atoms with Crippen molar-refractivity contribution >= 4 is 17.5 Å². The minimum Gasteiger partial charge on any atom is -0.493 e. The zero-order valence-corrected chi connectivity index (χ0v) is 16.2. The number of hydrogen-bond donors (Lipinski definition) is 2. The second kappa shape index (κ2) is 10.4. The van der Waals surface area contributed by atoms with E-state index < -0.39 is 0 Å². The van der Waals surface area contributed by atoms with Crippen LogP contribution in [0.2, 0.25) is 0 Å². The van der Waals surface area contributed by atoms with Crippen molar-refractivity contribution in [1.29, 1.82) is 0 Å². The highest BCUT2D eigenvalue weighted by atomic mass is 16.5. The summed E-state index contributed by atoms with van der Waals surface area (Å²) in [5.41, 5.74) is 2.84. The van der Waals surface area contributed by atoms with Crippen molar-refractivity contribution in [3.8, 4) is 5.75 Å². The summed E-state index contributed by atoms with van der Waals surface area (Å²) >= 11 is 0. The lowest BCUT2D eigenvalue weighted by molar-refractivity contribution is -0.121. The molecule has 0 heterocycles. The van der Waals surface area contributed by atoms with Gasteiger partial charge in [-0.15, -0.1) is 0 Å². The molecule has 0 saturated heterocycles. The van der Waals surface area contributed by atoms with Crippen LogP contribution in [0.15, 0.2) is 48.5 Å². The Morgan fingerprint density at radius 3 is 2.41 bits per heavy atom. The molecule has 2 rings (SSSR count). The van der Waals surface area contributed by atoms with Crippen molar-refractivity contribution in [2.24, 2.45) is 5.92 Å². The maximum atomic E-state index is 12.0. The first-order valence-electron chi connectivity index (χ1n) is 9.30. The highest BCUT2D eigenvalue weighted by molar-refractivity contribution is 5.92. The van der Waals surface area contributed by atoms with Gasteiger partial charge in [0, 0.05) is 24.6 Å². The Labute approximate surface area is 161 Å². The summed E-state index contributed by atoms with van der Waals surface area (Å²) in [5.74, 6) is 0.797. The first-order valence-corrected chi connectivity index (χ1v) is 9.30. The lowest BCUT2D eigenvalue weighted by Crippen LogP contribution is -2.23. The number of aryl methyl sites for hydroxylation is 1. The van der Waals surface area contributed by atoms with Gasteiger partial charge in [0.2, 0.25) is 11.8 Å². The Morgan fingerprint density at radius 2 is 1.74 bits per heavy atom. The van der Waals surface area contributed by atoms with Crippen LogP contribution in [0.1, 0.15) is 37.8 Å². The third-order valence-corrected chi connectivity index (χ3v) is 4.13. The number of ether oxygens (including phenoxy) is 1. The van der Waals surface area contributed by atoms with Gasteiger partial charge in [-0.3, -0.25) is 9.59 Å². The predicted molar refractivity (Wildman–Crippen MR) is 108 cm³/mol. The Morgan fingerprint density at radius 1 is 1.04 bits per heavy atom. The lowest BCUT2D eigenvalue weighted by Gasteiger charge is -2.10. The molecule has 0 radical (unpaired) electrons. The van der Waals surface area contributed by atoms with Gasteiger partial charge < -0.3 is 15.4 Å². The molecule has 5 heteroatoms. The van der Waals surface area contributed by atoms with Crippen LogP contribution in [0.5, 0.6) is 5.75 Å². The van der Waals surface area contributed by atoms with E-state index in [-0.39, 0.29) is 17.7 Å². The summed E-state index contributed by atoms with van der Waals surface area (Å²) in [7, 11) is 0. The minimum absolute atomic E-state index is 0.000528. The molecule has 0 aromatic heterocycles. The lowest BCUT2D eigenvalue weighted by atomic mass is 10.1. The Bertz CT molecular complexity index is 754. The van der Waals surface area contributed by atoms with Crippen molar-refractivity contribution in [2.75, 3.05) is 11.9 Å². The number of rotatable bonds is 9. The fraction of sp³-hybridized carbons (Fsp3) is 0.364. The van der Waals surface area contributed by atoms with Gasteiger partial charge in [0.15, 0.2) is 0 Å². The molecule has 0 aliphatic rings. The largest absolute Gasteiger partial charge is 0.493 e. The average Bonchev–Trinajstić information content (AvgIpc) is 2.66. The van der Waals surface area contributed by atoms with Crippen LogP contribution >= 0.6 is 0 Å². The van der Waals surface area contributed by atoms with Crippen molar-refractivity contribution in [3.05, 3.63) is 59.7 Å². The molecule has 2 aromatic rings. The summed E-state index contributed by atoms with van der Waals surface area (Å²) in [6, 6.07) is 15.3. The van der Waals surface area contributed by atoms with Crippen molar-refractivity contribution in [1.82, 2.24) is 5.32 Å². The zero-order valence-electron chi connectivity index (χ0n) is 16.2. The second-order valence-corrected chi connectivity index (χ2v) is 6.84. The summed E-state index contributed by atoms with van der Waals surface area (Å²) in [6.45, 7) is 6.69. The number of nitrogens with one attached hydrogen (secondary N) is 2. The van der Waals surface area contributed by atoms with Crippen LogP contribution in [-0.4, -0.2) is 18.4 Å². The molecule has 0 bridgehead atoms. The molecule has 0 atom stereocenters. The minimum atomic E-state index is -0.0567. The maximum Gasteiger partial charge on any atom is 0.226 e. The van der Waals surface area contributed by atoms with E-state index in [1.165, 1.54) is 0 Å². The molecule has 144 valence electrons. The van der Waals surface area contributed by atoms with Crippen LogP contribution in [0.4, 0.5) is 5.69 Å². The van der Waals surface area contributed by atoms with Gasteiger partial charge in [0.05, 0.1) is 6.61 Å². The molecule has 2 aromatic carbocycles. The summed E-state index contributed by atoms with van der Waals surface area (Å²) in [6.07, 6.45) is 1.09. The first-order chi connectivity index (χ1) is 13.0. The molecule has 0 saturated carbocycles. The predicted octanol–water partition coefficient (Wildman–Crippen LogP) is 4.06. The summed E-state index contributed by atoms with van der Waals surface area (Å²) < 4.78 is 5.70. The number of benzene rings is 2. The smallest absolute Gasteiger partial charge is 0.226 e. The van der Waals surface area contributed by atoms with Gasteiger partial charge in [-0.25, -0.2) is 0 Å². The Balaban J connectivity index is 1.66. The number of para-hydroxylation sites is 1. The van der Waals surface area contributed by atoms with E-state index in [1.807, 2.05) is 69.3 Å². The monoisotopic (exact) mass is 368 g/mol. The van der Waals surface area contributed by atoms with Gasteiger partial charge in [-0.2, -0.15) is 0 Å². The van der Waals surface area contributed by atoms with Gasteiger partial charge >= 0.3 is 0 Å². The topological polar surface area (TPSA) is 67.4 Å². The van der Waals surface area contributed by atoms with E-state index in [4.69, 9.17) is 4.74 Å². The number of carbonyl (C=O) groups is 2. The van der Waals surface area contributed by atoms with E-state index in [2.05, 4.69) is 10.6 Å². The molecule has 0 unspecified atom stereocenters. The highest BCUT2D eigenvalue weighted by Gasteiger charge is 2.07. The van der Waals surface area contributed by atoms with Crippen molar-refractivity contribution in [2.45, 2.75) is 40.2 Å². The molecule has 0 spiro atoms. The fourth-order valence-corrected chi connectivity index (χ4v) is 2.41. The molecule has 0 fully saturated rings. The molecule has 2 amide bonds. The standard InChI is InChI=1S/C22H28N2O3/c1-16(2)22(26)24-19-12-10-18(11-13-19)15-23-21(25)9-6-14-27-20-8-5-4-7-17(20)3/h4-5,7-8,10-13,16H,6,9,14-15H2,1-3H3,(H,23,25)(H,24,26). The number of hydrogen-bond acceptors (Lipinski definition) is 3. The van der Waals surface area contributed by atoms with Crippen LogP contribution in [0.25, 0.3) is 0 Å². The quantitative estimate of drug-likeness (QED) is 0.656. The Kier molecular flexibility index (Phi) is 7.86. The molecule has 0 aliphatic heterocycles. The van der Waals surface area contributed by atoms with Crippen LogP contribution < -0.4 is 15.4 Å². The highest BCUT2D eigenvalue weighted by Crippen LogP contribution is 2.16. The summed E-state index contributed by atoms with van der Waals surface area (Å²) in [5, 5.41) is 5.75. The third kappa shape index (κ3) is 7.13. The van der Waals surface area contributed by atoms with Crippen molar-refractivity contribution < 1.29 is 14.3 Å². The molecule has 0 aliphatic carbocycles. The number of anilines is 1. The van der Waals surface area contributed by atoms with Gasteiger partial charge in [0.1, 0.15) is 5.75 Å². The fourth-order valence-electron chi connectivity index (χ4n) is 2.41. The SMILES string of the molecule is Cc1ccccc1OCCCC(=O)NCc1ccc(NC(=O)C(C)C)cc1. The average molecular weight is 368 g/mol. The van der Waals surface area contributed by atoms with Crippen LogP contribution in [-0.2, 0) is 16.1 Å². The molecule has 2 N–H and O–H groups in total. The van der Waals surface area contributed by atoms with E-state index in [9.17, 15) is 9.59 Å². The molecule has 27 heavy (non-hydrogen) atoms. The first kappa shape index (κ1) is 20.5. The molecular formula is C22H28N2O3. The van der Waals surface area contributed by atoms with Crippen LogP contribution in [0, 0.1) is 12.8 Å². The van der Waals surface area contributed by atoms with E-state index in [0.717, 1.165) is 22.6 Å². The number of amides is 2. The summed E-state index contributed by atoms with van der Waals surface area (Å²) in [4.78, 5) is 23.6. The van der Waals surface area contributed by atoms with E-state index in [0.29, 0.717) is 26.0 Å². The van der Waals surface area contributed by atoms with Crippen molar-refractivity contribution in [3.63, 3.8) is 0 Å². The van der Waals surface area contributed by atoms with E-state index in [1.54, 1.807) is 0 Å². The zero-order chi connectivity index (χ0) is 19.6. The second-order valence-electron chi connectivity index (χ2n) is 6.84. The number of carbonyl (C=O) groups excluding carboxylic acids is 2. The van der Waals surface area contributed by atoms with E-state index >= 15 is 0 Å². The Hall–Kier alpha value is -2.82. The third-order valence-electron chi connectivity index (χ3n) is 4.13. The maximum absolute atomic E-state index is 12.0. The van der Waals surface area contributed by atoms with Gasteiger partial charge in [0.25, 0.3) is 0 Å². The van der Waals surface area contributed by atoms with Gasteiger partial charge in [-0.1, -0.05) is 44.2 Å². The molecule has 5 nitrogen and oxygen atoms in total. The normalized spacial score (nSPS) is 10.5. The van der Waals surface area contributed by atoms with Crippen LogP contribution in [0.3, 0.4) is 0 Å². The molecular weight excluding hydrogens is 340 g/mol. The van der Waals surface area contributed by atoms with Gasteiger partial charge in [-0.05, 0) is 42.7 Å².